The van der Waals surface area contributed by atoms with E-state index in [4.69, 9.17) is 60.8 Å². The SMILES string of the molecule is CC1(C)OB(c2cccc(-c3nc(-c4ccc(-c5ccccc5)cc4)c4ccccc4n3)c2)OC1(C)C.Clc1cccc(-c2nc(-c3ccc(-c4ccccc4)cc3)c3ccccc3n2)c1.c1ccc(-c2ccc(-c3nc(-c4cccc(-c5cccc(-c6nc(-c7ccc(-c8ccccc8)cc7)c7ccccc7n6)c5)c4)nc4ccccc34)cc2)cc1. The van der Waals surface area contributed by atoms with Crippen molar-refractivity contribution in [2.45, 2.75) is 38.9 Å². The highest BCUT2D eigenvalue weighted by molar-refractivity contribution is 6.62. The Morgan fingerprint density at radius 3 is 0.713 bits per heavy atom. The first-order chi connectivity index (χ1) is 59.8. The second kappa shape index (κ2) is 33.9. The lowest BCUT2D eigenvalue weighted by Crippen LogP contribution is -2.41. The van der Waals surface area contributed by atoms with Crippen LogP contribution >= 0.6 is 11.6 Å². The second-order valence-electron chi connectivity index (χ2n) is 31.3. The van der Waals surface area contributed by atoms with Gasteiger partial charge in [0.25, 0.3) is 0 Å². The number of fused-ring (bicyclic) bond motifs is 4. The van der Waals surface area contributed by atoms with E-state index in [1.807, 2.05) is 127 Å². The average Bonchev–Trinajstić information content (AvgIpc) is 1.52. The summed E-state index contributed by atoms with van der Waals surface area (Å²) in [5, 5.41) is 4.78. The Kier molecular flexibility index (Phi) is 21.4. The van der Waals surface area contributed by atoms with Gasteiger partial charge in [0.05, 0.1) is 56.0 Å². The fourth-order valence-electron chi connectivity index (χ4n) is 15.6. The van der Waals surface area contributed by atoms with E-state index in [0.717, 1.165) is 127 Å². The molecule has 1 saturated heterocycles. The Labute approximate surface area is 714 Å². The van der Waals surface area contributed by atoms with Crippen molar-refractivity contribution in [3.8, 4) is 146 Å². The van der Waals surface area contributed by atoms with Gasteiger partial charge in [-0.05, 0) is 137 Å². The van der Waals surface area contributed by atoms with Gasteiger partial charge in [-0.2, -0.15) is 0 Å². The summed E-state index contributed by atoms with van der Waals surface area (Å²) in [4.78, 5) is 40.2. The highest BCUT2D eigenvalue weighted by atomic mass is 35.5. The zero-order valence-electron chi connectivity index (χ0n) is 67.6. The van der Waals surface area contributed by atoms with E-state index in [0.29, 0.717) is 28.3 Å². The predicted octanol–water partition coefficient (Wildman–Crippen LogP) is 27.5. The molecule has 1 fully saturated rings. The zero-order valence-corrected chi connectivity index (χ0v) is 68.4. The van der Waals surface area contributed by atoms with Gasteiger partial charge in [0, 0.05) is 71.1 Å². The zero-order chi connectivity index (χ0) is 82.5. The molecule has 122 heavy (non-hydrogen) atoms. The third-order valence-electron chi connectivity index (χ3n) is 22.8. The second-order valence-corrected chi connectivity index (χ2v) is 31.7. The summed E-state index contributed by atoms with van der Waals surface area (Å²) in [5.74, 6) is 2.72. The van der Waals surface area contributed by atoms with Crippen LogP contribution in [0.1, 0.15) is 27.7 Å². The smallest absolute Gasteiger partial charge is 0.399 e. The van der Waals surface area contributed by atoms with Gasteiger partial charge >= 0.3 is 7.12 Å². The van der Waals surface area contributed by atoms with Crippen LogP contribution in [0.25, 0.3) is 190 Å². The van der Waals surface area contributed by atoms with Crippen LogP contribution in [-0.2, 0) is 9.31 Å². The standard InChI is InChI=1S/C52H34N4.C32H29BN2O2.C26H17ClN2/c1-3-13-35(14-4-1)37-25-29-39(30-26-37)49-45-21-7-9-23-47(45)53-51(55-49)43-19-11-17-41(33-43)42-18-12-20-44(34-42)52-54-48-24-10-8-22-46(48)50(56-52)40-31-27-38(28-32-40)36-15-5-2-6-16-36;1-31(2)32(3,4)37-33(36-31)26-14-10-13-25(21-26)30-34-28-16-9-8-15-27(28)29(35-30)24-19-17-23(18-20-24)22-11-6-5-7-12-22;27-22-10-6-9-21(17-22)26-28-24-12-5-4-11-23(24)25(29-26)20-15-13-19(14-16-20)18-7-2-1-3-8-18/h1-34H;5-21H,1-4H3;1-17H. The first-order valence-corrected chi connectivity index (χ1v) is 41.3. The molecule has 12 heteroatoms. The molecule has 0 atom stereocenters. The van der Waals surface area contributed by atoms with Crippen molar-refractivity contribution < 1.29 is 9.31 Å². The van der Waals surface area contributed by atoms with Crippen molar-refractivity contribution in [1.82, 2.24) is 39.9 Å². The minimum absolute atomic E-state index is 0.397. The Bertz CT molecular complexity index is 6970. The Hall–Kier alpha value is -14.8. The summed E-state index contributed by atoms with van der Waals surface area (Å²) in [5.41, 5.74) is 27.0. The van der Waals surface area contributed by atoms with Crippen LogP contribution in [0, 0.1) is 0 Å². The molecular formula is C110H80BClN8O2. The van der Waals surface area contributed by atoms with Gasteiger partial charge in [-0.15, -0.1) is 0 Å². The fourth-order valence-corrected chi connectivity index (χ4v) is 15.8. The maximum atomic E-state index is 6.29. The number of nitrogens with zero attached hydrogens (tertiary/aromatic N) is 8. The number of benzene rings is 16. The minimum Gasteiger partial charge on any atom is -0.399 e. The molecule has 20 aromatic rings. The predicted molar refractivity (Wildman–Crippen MR) is 503 cm³/mol. The van der Waals surface area contributed by atoms with Crippen molar-refractivity contribution in [2.24, 2.45) is 0 Å². The molecule has 0 unspecified atom stereocenters. The number of rotatable bonds is 14. The van der Waals surface area contributed by atoms with Crippen molar-refractivity contribution >= 4 is 67.8 Å². The van der Waals surface area contributed by atoms with Crippen molar-refractivity contribution in [2.75, 3.05) is 0 Å². The van der Waals surface area contributed by atoms with Crippen LogP contribution in [0.5, 0.6) is 0 Å². The molecule has 16 aromatic carbocycles. The molecule has 5 heterocycles. The van der Waals surface area contributed by atoms with Gasteiger partial charge < -0.3 is 9.31 Å². The lowest BCUT2D eigenvalue weighted by molar-refractivity contribution is 0.00578. The molecule has 1 aliphatic rings. The van der Waals surface area contributed by atoms with Crippen LogP contribution in [0.4, 0.5) is 0 Å². The van der Waals surface area contributed by atoms with E-state index in [1.165, 1.54) is 44.5 Å². The molecule has 0 spiro atoms. The lowest BCUT2D eigenvalue weighted by atomic mass is 9.78. The third-order valence-corrected chi connectivity index (χ3v) is 23.0. The average molecular weight is 1590 g/mol. The molecule has 10 nitrogen and oxygen atoms in total. The Morgan fingerprint density at radius 1 is 0.197 bits per heavy atom. The Balaban J connectivity index is 0.000000128. The van der Waals surface area contributed by atoms with Gasteiger partial charge in [0.15, 0.2) is 23.3 Å². The quantitative estimate of drug-likeness (QED) is 0.0973. The van der Waals surface area contributed by atoms with Crippen LogP contribution in [0.3, 0.4) is 0 Å². The minimum atomic E-state index is -0.435. The molecule has 1 aliphatic heterocycles. The third kappa shape index (κ3) is 16.3. The number of para-hydroxylation sites is 4. The molecule has 0 saturated carbocycles. The highest BCUT2D eigenvalue weighted by Gasteiger charge is 2.52. The van der Waals surface area contributed by atoms with Crippen LogP contribution in [0.15, 0.2) is 413 Å². The maximum Gasteiger partial charge on any atom is 0.494 e. The summed E-state index contributed by atoms with van der Waals surface area (Å²) in [6.45, 7) is 8.27. The first kappa shape index (κ1) is 77.1. The van der Waals surface area contributed by atoms with Crippen LogP contribution in [-0.4, -0.2) is 58.2 Å². The largest absolute Gasteiger partial charge is 0.494 e. The summed E-state index contributed by atoms with van der Waals surface area (Å²) in [6, 6.07) is 142. The normalized spacial score (nSPS) is 12.7. The van der Waals surface area contributed by atoms with E-state index in [1.54, 1.807) is 0 Å². The molecule has 0 radical (unpaired) electrons. The lowest BCUT2D eigenvalue weighted by Gasteiger charge is -2.32. The molecule has 21 rings (SSSR count). The van der Waals surface area contributed by atoms with Crippen molar-refractivity contribution in [3.63, 3.8) is 0 Å². The van der Waals surface area contributed by atoms with Gasteiger partial charge in [-0.25, -0.2) is 39.9 Å². The monoisotopic (exact) mass is 1590 g/mol. The summed E-state index contributed by atoms with van der Waals surface area (Å²) >= 11 is 6.19. The van der Waals surface area contributed by atoms with E-state index in [2.05, 4.69) is 313 Å². The van der Waals surface area contributed by atoms with Crippen LogP contribution < -0.4 is 5.46 Å². The molecule has 0 aliphatic carbocycles. The van der Waals surface area contributed by atoms with Crippen molar-refractivity contribution in [3.05, 3.63) is 418 Å². The maximum absolute atomic E-state index is 6.29. The van der Waals surface area contributed by atoms with E-state index in [9.17, 15) is 0 Å². The molecular weight excluding hydrogens is 1510 g/mol. The van der Waals surface area contributed by atoms with E-state index < -0.39 is 18.3 Å². The van der Waals surface area contributed by atoms with Crippen LogP contribution in [0.2, 0.25) is 5.02 Å². The number of hydrogen-bond acceptors (Lipinski definition) is 10. The van der Waals surface area contributed by atoms with E-state index in [-0.39, 0.29) is 0 Å². The number of hydrogen-bond donors (Lipinski definition) is 0. The summed E-state index contributed by atoms with van der Waals surface area (Å²) in [6.07, 6.45) is 0. The molecule has 0 bridgehead atoms. The summed E-state index contributed by atoms with van der Waals surface area (Å²) < 4.78 is 12.6. The van der Waals surface area contributed by atoms with Gasteiger partial charge in [-0.3, -0.25) is 0 Å². The summed E-state index contributed by atoms with van der Waals surface area (Å²) in [7, 11) is -0.435. The highest BCUT2D eigenvalue weighted by Crippen LogP contribution is 2.41. The molecule has 0 N–H and O–H groups in total. The molecule has 0 amide bonds. The van der Waals surface area contributed by atoms with Gasteiger partial charge in [-0.1, -0.05) is 376 Å². The van der Waals surface area contributed by atoms with Crippen molar-refractivity contribution in [1.29, 1.82) is 0 Å². The van der Waals surface area contributed by atoms with E-state index >= 15 is 0 Å². The Morgan fingerprint density at radius 2 is 0.418 bits per heavy atom. The molecule has 582 valence electrons. The molecule has 4 aromatic heterocycles. The number of aromatic nitrogens is 8. The van der Waals surface area contributed by atoms with Gasteiger partial charge in [0.1, 0.15) is 0 Å². The van der Waals surface area contributed by atoms with Gasteiger partial charge in [0.2, 0.25) is 0 Å². The first-order valence-electron chi connectivity index (χ1n) is 41.0. The number of halogens is 1. The topological polar surface area (TPSA) is 122 Å². The fraction of sp³-hybridized carbons (Fsp3) is 0.0545.